The third kappa shape index (κ3) is 12.7. The van der Waals surface area contributed by atoms with Crippen molar-refractivity contribution in [3.05, 3.63) is 89.5 Å². The second kappa shape index (κ2) is 21.5. The highest BCUT2D eigenvalue weighted by atomic mass is 31.1. The lowest BCUT2D eigenvalue weighted by atomic mass is 10.1. The van der Waals surface area contributed by atoms with Gasteiger partial charge in [-0.05, 0) is 73.1 Å². The lowest BCUT2D eigenvalue weighted by molar-refractivity contribution is -0.257. The third-order valence-corrected chi connectivity index (χ3v) is 9.93. The van der Waals surface area contributed by atoms with Crippen LogP contribution in [-0.2, 0) is 29.1 Å². The number of hydrogen-bond donors (Lipinski definition) is 9. The Morgan fingerprint density at radius 2 is 0.885 bits per heavy atom. The van der Waals surface area contributed by atoms with E-state index in [1.54, 1.807) is 60.7 Å². The van der Waals surface area contributed by atoms with E-state index in [2.05, 4.69) is 35.5 Å². The smallest absolute Gasteiger partial charge is 0.326 e. The van der Waals surface area contributed by atoms with Crippen LogP contribution in [-0.4, -0.2) is 105 Å². The quantitative estimate of drug-likeness (QED) is 0.0394. The maximum Gasteiger partial charge on any atom is 0.326 e. The fourth-order valence-corrected chi connectivity index (χ4v) is 7.09. The first kappa shape index (κ1) is 41.5. The summed E-state index contributed by atoms with van der Waals surface area (Å²) in [6.07, 6.45) is -0.512. The maximum absolute atomic E-state index is 12.9. The van der Waals surface area contributed by atoms with Gasteiger partial charge in [0.05, 0.1) is 31.7 Å². The van der Waals surface area contributed by atoms with Crippen LogP contribution >= 0.6 is 7.92 Å². The highest BCUT2D eigenvalue weighted by Crippen LogP contribution is 2.33. The Kier molecular flexibility index (Phi) is 17.2. The van der Waals surface area contributed by atoms with Gasteiger partial charge < -0.3 is 26.2 Å². The minimum absolute atomic E-state index is 0.0791. The van der Waals surface area contributed by atoms with E-state index in [0.29, 0.717) is 0 Å². The van der Waals surface area contributed by atoms with Crippen molar-refractivity contribution in [1.82, 2.24) is 16.0 Å². The Bertz CT molecular complexity index is 1550. The molecule has 3 amide bonds. The van der Waals surface area contributed by atoms with Gasteiger partial charge in [-0.1, -0.05) is 36.4 Å². The number of carbonyl (C=O) groups excluding carboxylic acids is 3. The Hall–Kier alpha value is -4.88. The van der Waals surface area contributed by atoms with Gasteiger partial charge in [-0.3, -0.25) is 40.2 Å². The zero-order valence-corrected chi connectivity index (χ0v) is 28.3. The van der Waals surface area contributed by atoms with E-state index < -0.39 is 62.1 Å². The highest BCUT2D eigenvalue weighted by molar-refractivity contribution is 7.79. The van der Waals surface area contributed by atoms with E-state index in [1.807, 2.05) is 0 Å². The lowest BCUT2D eigenvalue weighted by Crippen LogP contribution is -2.42. The maximum atomic E-state index is 12.9. The van der Waals surface area contributed by atoms with E-state index in [0.717, 1.165) is 15.9 Å². The molecule has 0 aliphatic carbocycles. The van der Waals surface area contributed by atoms with Crippen LogP contribution in [0.1, 0.15) is 50.3 Å². The lowest BCUT2D eigenvalue weighted by Gasteiger charge is -2.21. The minimum Gasteiger partial charge on any atom is -0.481 e. The van der Waals surface area contributed by atoms with Crippen LogP contribution in [0.3, 0.4) is 0 Å². The Labute approximate surface area is 297 Å². The summed E-state index contributed by atoms with van der Waals surface area (Å²) < 4.78 is 0. The summed E-state index contributed by atoms with van der Waals surface area (Å²) in [5.41, 5.74) is 0.622. The van der Waals surface area contributed by atoms with E-state index in [-0.39, 0.29) is 56.0 Å². The molecular weight excluding hydrogens is 709 g/mol. The molecule has 0 radical (unpaired) electrons. The van der Waals surface area contributed by atoms with E-state index in [4.69, 9.17) is 26.1 Å². The van der Waals surface area contributed by atoms with Gasteiger partial charge >= 0.3 is 11.9 Å². The van der Waals surface area contributed by atoms with Gasteiger partial charge in [0.25, 0.3) is 17.7 Å². The predicted molar refractivity (Wildman–Crippen MR) is 182 cm³/mol. The largest absolute Gasteiger partial charge is 0.481 e. The van der Waals surface area contributed by atoms with Gasteiger partial charge in [-0.15, -0.1) is 0 Å². The average molecular weight is 748 g/mol. The molecule has 0 saturated carbocycles. The molecule has 280 valence electrons. The average Bonchev–Trinajstić information content (AvgIpc) is 3.13. The van der Waals surface area contributed by atoms with Gasteiger partial charge in [0, 0.05) is 16.7 Å². The fraction of sp³-hybridized carbons (Fsp3) is 0.303. The summed E-state index contributed by atoms with van der Waals surface area (Å²) in [7, 11) is -1.40. The highest BCUT2D eigenvalue weighted by Gasteiger charge is 2.25. The first-order valence-corrected chi connectivity index (χ1v) is 16.9. The van der Waals surface area contributed by atoms with Crippen molar-refractivity contribution in [1.29, 1.82) is 0 Å². The molecule has 0 aliphatic heterocycles. The molecule has 0 spiro atoms. The second-order valence-corrected chi connectivity index (χ2v) is 13.3. The summed E-state index contributed by atoms with van der Waals surface area (Å²) in [5.74, 6) is -4.66. The Morgan fingerprint density at radius 3 is 1.17 bits per heavy atom. The predicted octanol–water partition coefficient (Wildman–Crippen LogP) is 1.04. The molecule has 3 aromatic rings. The molecule has 0 heterocycles. The number of carboxylic acid groups (broad SMARTS) is 2. The SMILES string of the molecule is O=C(O)CC(NC(=O)c1ccc(P(c2ccc(C(=O)NC(CCOO)COO)cc2)c2ccc(C(=O)NC(CCOO)COO)cc2)cc1)C(=O)O. The molecular formula is C33H38N3O15P. The van der Waals surface area contributed by atoms with Crippen LogP contribution in [0.15, 0.2) is 72.8 Å². The summed E-state index contributed by atoms with van der Waals surface area (Å²) in [5, 5.41) is 63.1. The number of rotatable bonds is 22. The van der Waals surface area contributed by atoms with Gasteiger partial charge in [-0.25, -0.2) is 24.3 Å². The number of aliphatic carboxylic acids is 2. The molecule has 19 heteroatoms. The number of hydrogen-bond acceptors (Lipinski definition) is 13. The first-order valence-electron chi connectivity index (χ1n) is 15.5. The molecule has 9 N–H and O–H groups in total. The van der Waals surface area contributed by atoms with Crippen molar-refractivity contribution < 1.29 is 74.8 Å². The summed E-state index contributed by atoms with van der Waals surface area (Å²) >= 11 is 0. The van der Waals surface area contributed by atoms with Gasteiger partial charge in [0.15, 0.2) is 0 Å². The second-order valence-electron chi connectivity index (χ2n) is 11.1. The number of amides is 3. The topological polar surface area (TPSA) is 280 Å². The van der Waals surface area contributed by atoms with Crippen LogP contribution in [0.2, 0.25) is 0 Å². The number of benzene rings is 3. The van der Waals surface area contributed by atoms with Crippen molar-refractivity contribution in [3.63, 3.8) is 0 Å². The molecule has 0 aliphatic rings. The van der Waals surface area contributed by atoms with Crippen LogP contribution < -0.4 is 31.9 Å². The summed E-state index contributed by atoms with van der Waals surface area (Å²) in [4.78, 5) is 77.6. The standard InChI is InChI=1S/C33H38N3O15P/c37-29(38)17-28(33(42)43)36-32(41)22-5-11-27(12-6-22)52(25-7-1-20(2-8-25)30(39)34-23(18-50-46)13-15-48-44)26-9-3-21(4-10-26)31(40)35-24(19-51-47)14-16-49-45/h1-12,23-24,28,44-47H,13-19H2,(H,34,39)(H,35,40)(H,36,41)(H,37,38)(H,42,43). The van der Waals surface area contributed by atoms with Gasteiger partial charge in [0.2, 0.25) is 0 Å². The molecule has 3 atom stereocenters. The number of carboxylic acids is 2. The summed E-state index contributed by atoms with van der Waals surface area (Å²) in [6, 6.07) is 16.5. The zero-order chi connectivity index (χ0) is 38.0. The molecule has 0 bridgehead atoms. The minimum atomic E-state index is -1.64. The molecule has 18 nitrogen and oxygen atoms in total. The van der Waals surface area contributed by atoms with Crippen LogP contribution in [0.4, 0.5) is 0 Å². The molecule has 52 heavy (non-hydrogen) atoms. The first-order chi connectivity index (χ1) is 25.0. The van der Waals surface area contributed by atoms with Crippen molar-refractivity contribution in [3.8, 4) is 0 Å². The normalized spacial score (nSPS) is 13.3. The monoisotopic (exact) mass is 747 g/mol. The molecule has 0 fully saturated rings. The van der Waals surface area contributed by atoms with E-state index in [1.165, 1.54) is 12.1 Å². The molecule has 3 aromatic carbocycles. The van der Waals surface area contributed by atoms with Crippen molar-refractivity contribution in [2.45, 2.75) is 37.4 Å². The molecule has 3 unspecified atom stereocenters. The van der Waals surface area contributed by atoms with Crippen molar-refractivity contribution in [2.24, 2.45) is 0 Å². The Balaban J connectivity index is 1.93. The van der Waals surface area contributed by atoms with Gasteiger partial charge in [-0.2, -0.15) is 0 Å². The van der Waals surface area contributed by atoms with Crippen molar-refractivity contribution >= 4 is 53.5 Å². The molecule has 3 rings (SSSR count). The summed E-state index contributed by atoms with van der Waals surface area (Å²) in [6.45, 7) is -0.720. The third-order valence-electron chi connectivity index (χ3n) is 7.48. The van der Waals surface area contributed by atoms with E-state index in [9.17, 15) is 29.1 Å². The van der Waals surface area contributed by atoms with Crippen LogP contribution in [0, 0.1) is 0 Å². The fourth-order valence-electron chi connectivity index (χ4n) is 4.85. The zero-order valence-electron chi connectivity index (χ0n) is 27.4. The van der Waals surface area contributed by atoms with E-state index >= 15 is 0 Å². The van der Waals surface area contributed by atoms with Crippen LogP contribution in [0.5, 0.6) is 0 Å². The number of nitrogens with one attached hydrogen (secondary N) is 3. The number of carbonyl (C=O) groups is 5. The van der Waals surface area contributed by atoms with Crippen molar-refractivity contribution in [2.75, 3.05) is 26.4 Å². The van der Waals surface area contributed by atoms with Crippen LogP contribution in [0.25, 0.3) is 0 Å². The molecule has 0 aromatic heterocycles. The van der Waals surface area contributed by atoms with Gasteiger partial charge in [0.1, 0.15) is 19.3 Å². The molecule has 0 saturated heterocycles. The Morgan fingerprint density at radius 1 is 0.538 bits per heavy atom.